The van der Waals surface area contributed by atoms with Crippen LogP contribution in [0.2, 0.25) is 0 Å². The third-order valence-corrected chi connectivity index (χ3v) is 6.34. The molecule has 0 bridgehead atoms. The van der Waals surface area contributed by atoms with Crippen LogP contribution < -0.4 is 14.8 Å². The fourth-order valence-electron chi connectivity index (χ4n) is 4.60. The first-order valence-electron chi connectivity index (χ1n) is 12.2. The second-order valence-corrected chi connectivity index (χ2v) is 9.19. The minimum Gasteiger partial charge on any atom is -0.486 e. The summed E-state index contributed by atoms with van der Waals surface area (Å²) in [6.07, 6.45) is 7.72. The number of likely N-dealkylation sites (tertiary alicyclic amines) is 1. The van der Waals surface area contributed by atoms with Gasteiger partial charge in [-0.1, -0.05) is 53.0 Å². The maximum atomic E-state index is 12.7. The molecule has 3 rings (SSSR count). The second-order valence-electron chi connectivity index (χ2n) is 9.19. The summed E-state index contributed by atoms with van der Waals surface area (Å²) in [5.41, 5.74) is 0.752. The van der Waals surface area contributed by atoms with Crippen molar-refractivity contribution in [2.75, 3.05) is 32.8 Å². The molecule has 1 unspecified atom stereocenters. The standard InChI is InChI=1S/C25H40N2O4.CH4/c1-3-4-5-6-7-10-24(28)26-21(18-27-13-8-9-19(2)17-27)25(29)20-11-12-22-23(16-20)31-15-14-30-22;/h11-12,16,19,21,25,29H,3-10,13-15,17-18H2,1-2H3,(H,26,28);1H4/t19?,21-,25-;/m1./s1. The number of piperidine rings is 1. The molecule has 3 atom stereocenters. The molecule has 0 spiro atoms. The van der Waals surface area contributed by atoms with Gasteiger partial charge in [-0.15, -0.1) is 0 Å². The molecule has 1 amide bonds. The number of carbonyl (C=O) groups excluding carboxylic acids is 1. The molecule has 0 saturated carbocycles. The molecule has 1 saturated heterocycles. The van der Waals surface area contributed by atoms with Gasteiger partial charge in [-0.25, -0.2) is 0 Å². The topological polar surface area (TPSA) is 71.0 Å². The van der Waals surface area contributed by atoms with Crippen LogP contribution in [0.3, 0.4) is 0 Å². The molecule has 1 fully saturated rings. The first-order valence-corrected chi connectivity index (χ1v) is 12.2. The second kappa shape index (κ2) is 13.7. The molecule has 2 aliphatic rings. The number of hydrogen-bond donors (Lipinski definition) is 2. The lowest BCUT2D eigenvalue weighted by molar-refractivity contribution is -0.123. The zero-order valence-corrected chi connectivity index (χ0v) is 19.3. The van der Waals surface area contributed by atoms with Gasteiger partial charge in [-0.3, -0.25) is 4.79 Å². The lowest BCUT2D eigenvalue weighted by Gasteiger charge is -2.35. The van der Waals surface area contributed by atoms with Gasteiger partial charge in [0, 0.05) is 19.5 Å². The van der Waals surface area contributed by atoms with Gasteiger partial charge in [0.05, 0.1) is 6.04 Å². The van der Waals surface area contributed by atoms with Crippen LogP contribution in [0.1, 0.15) is 84.3 Å². The van der Waals surface area contributed by atoms with Crippen LogP contribution >= 0.6 is 0 Å². The summed E-state index contributed by atoms with van der Waals surface area (Å²) >= 11 is 0. The minimum absolute atomic E-state index is 0. The van der Waals surface area contributed by atoms with Crippen molar-refractivity contribution in [3.63, 3.8) is 0 Å². The van der Waals surface area contributed by atoms with E-state index in [1.54, 1.807) is 0 Å². The third-order valence-electron chi connectivity index (χ3n) is 6.34. The lowest BCUT2D eigenvalue weighted by Crippen LogP contribution is -2.49. The Labute approximate surface area is 194 Å². The molecule has 182 valence electrons. The molecule has 0 aliphatic carbocycles. The Balaban J connectivity index is 0.00000363. The van der Waals surface area contributed by atoms with Gasteiger partial charge in [0.15, 0.2) is 11.5 Å². The van der Waals surface area contributed by atoms with E-state index in [9.17, 15) is 9.90 Å². The van der Waals surface area contributed by atoms with E-state index >= 15 is 0 Å². The van der Waals surface area contributed by atoms with Crippen LogP contribution in [0.5, 0.6) is 11.5 Å². The molecule has 0 aromatic heterocycles. The number of ether oxygens (including phenoxy) is 2. The van der Waals surface area contributed by atoms with Gasteiger partial charge in [0.1, 0.15) is 19.3 Å². The predicted molar refractivity (Wildman–Crippen MR) is 129 cm³/mol. The summed E-state index contributed by atoms with van der Waals surface area (Å²) in [4.78, 5) is 15.1. The molecule has 2 heterocycles. The van der Waals surface area contributed by atoms with E-state index < -0.39 is 6.10 Å². The number of unbranched alkanes of at least 4 members (excludes halogenated alkanes) is 4. The Morgan fingerprint density at radius 3 is 2.69 bits per heavy atom. The van der Waals surface area contributed by atoms with E-state index in [1.165, 1.54) is 32.1 Å². The van der Waals surface area contributed by atoms with Crippen molar-refractivity contribution >= 4 is 5.91 Å². The number of hydrogen-bond acceptors (Lipinski definition) is 5. The van der Waals surface area contributed by atoms with Gasteiger partial charge < -0.3 is 24.8 Å². The summed E-state index contributed by atoms with van der Waals surface area (Å²) in [5, 5.41) is 14.4. The third kappa shape index (κ3) is 7.96. The maximum absolute atomic E-state index is 12.7. The van der Waals surface area contributed by atoms with Crippen LogP contribution in [0.4, 0.5) is 0 Å². The SMILES string of the molecule is C.CCCCCCCC(=O)N[C@H](CN1CCCC(C)C1)[C@H](O)c1ccc2c(c1)OCCO2. The molecular weight excluding hydrogens is 404 g/mol. The molecular formula is C26H44N2O4. The Bertz CT molecular complexity index is 696. The highest BCUT2D eigenvalue weighted by Crippen LogP contribution is 2.33. The normalized spacial score (nSPS) is 20.2. The first-order chi connectivity index (χ1) is 15.1. The molecule has 6 nitrogen and oxygen atoms in total. The van der Waals surface area contributed by atoms with Crippen molar-refractivity contribution in [1.82, 2.24) is 10.2 Å². The quantitative estimate of drug-likeness (QED) is 0.480. The molecule has 2 aliphatic heterocycles. The zero-order chi connectivity index (χ0) is 22.1. The van der Waals surface area contributed by atoms with E-state index in [4.69, 9.17) is 9.47 Å². The summed E-state index contributed by atoms with van der Waals surface area (Å²) in [6, 6.07) is 5.22. The Kier molecular flexibility index (Phi) is 11.3. The number of fused-ring (bicyclic) bond motifs is 1. The van der Waals surface area contributed by atoms with Gasteiger partial charge in [-0.2, -0.15) is 0 Å². The van der Waals surface area contributed by atoms with Crippen molar-refractivity contribution in [1.29, 1.82) is 0 Å². The van der Waals surface area contributed by atoms with Crippen LogP contribution in [0, 0.1) is 5.92 Å². The number of benzene rings is 1. The first kappa shape index (κ1) is 26.5. The number of nitrogens with one attached hydrogen (secondary N) is 1. The van der Waals surface area contributed by atoms with E-state index in [2.05, 4.69) is 24.1 Å². The van der Waals surface area contributed by atoms with E-state index in [0.717, 1.165) is 31.5 Å². The Morgan fingerprint density at radius 2 is 1.94 bits per heavy atom. The van der Waals surface area contributed by atoms with E-state index in [0.29, 0.717) is 43.6 Å². The average Bonchev–Trinajstić information content (AvgIpc) is 2.77. The van der Waals surface area contributed by atoms with Crippen LogP contribution in [-0.4, -0.2) is 54.8 Å². The zero-order valence-electron chi connectivity index (χ0n) is 19.3. The van der Waals surface area contributed by atoms with Crippen molar-refractivity contribution in [3.8, 4) is 11.5 Å². The number of aliphatic hydroxyl groups excluding tert-OH is 1. The average molecular weight is 449 g/mol. The molecule has 1 aromatic carbocycles. The monoisotopic (exact) mass is 448 g/mol. The maximum Gasteiger partial charge on any atom is 0.220 e. The highest BCUT2D eigenvalue weighted by molar-refractivity contribution is 5.76. The van der Waals surface area contributed by atoms with Crippen LogP contribution in [0.15, 0.2) is 18.2 Å². The van der Waals surface area contributed by atoms with Gasteiger partial charge >= 0.3 is 0 Å². The number of nitrogens with zero attached hydrogens (tertiary/aromatic N) is 1. The highest BCUT2D eigenvalue weighted by Gasteiger charge is 2.28. The fraction of sp³-hybridized carbons (Fsp3) is 0.731. The van der Waals surface area contributed by atoms with Crippen LogP contribution in [0.25, 0.3) is 0 Å². The van der Waals surface area contributed by atoms with Gasteiger partial charge in [0.2, 0.25) is 5.91 Å². The highest BCUT2D eigenvalue weighted by atomic mass is 16.6. The summed E-state index contributed by atoms with van der Waals surface area (Å²) in [7, 11) is 0. The van der Waals surface area contributed by atoms with E-state index in [1.807, 2.05) is 18.2 Å². The van der Waals surface area contributed by atoms with Gasteiger partial charge in [-0.05, 0) is 49.4 Å². The van der Waals surface area contributed by atoms with E-state index in [-0.39, 0.29) is 19.4 Å². The molecule has 2 N–H and O–H groups in total. The Morgan fingerprint density at radius 1 is 1.19 bits per heavy atom. The largest absolute Gasteiger partial charge is 0.486 e. The summed E-state index contributed by atoms with van der Waals surface area (Å²) in [6.45, 7) is 8.20. The predicted octanol–water partition coefficient (Wildman–Crippen LogP) is 4.70. The molecule has 1 aromatic rings. The number of amides is 1. The van der Waals surface area contributed by atoms with Crippen molar-refractivity contribution < 1.29 is 19.4 Å². The number of carbonyl (C=O) groups is 1. The van der Waals surface area contributed by atoms with Crippen molar-refractivity contribution in [2.45, 2.75) is 84.8 Å². The summed E-state index contributed by atoms with van der Waals surface area (Å²) in [5.74, 6) is 2.05. The van der Waals surface area contributed by atoms with Crippen molar-refractivity contribution in [3.05, 3.63) is 23.8 Å². The van der Waals surface area contributed by atoms with Crippen molar-refractivity contribution in [2.24, 2.45) is 5.92 Å². The van der Waals surface area contributed by atoms with Crippen LogP contribution in [-0.2, 0) is 4.79 Å². The van der Waals surface area contributed by atoms with Gasteiger partial charge in [0.25, 0.3) is 0 Å². The molecule has 6 heteroatoms. The fourth-order valence-corrected chi connectivity index (χ4v) is 4.60. The smallest absolute Gasteiger partial charge is 0.220 e. The lowest BCUT2D eigenvalue weighted by atomic mass is 9.97. The number of aliphatic hydroxyl groups is 1. The number of rotatable bonds is 11. The summed E-state index contributed by atoms with van der Waals surface area (Å²) < 4.78 is 11.3. The molecule has 0 radical (unpaired) electrons. The Hall–Kier alpha value is -1.79. The minimum atomic E-state index is -0.794. The molecule has 32 heavy (non-hydrogen) atoms.